The van der Waals surface area contributed by atoms with E-state index in [0.717, 1.165) is 19.3 Å². The van der Waals surface area contributed by atoms with E-state index in [9.17, 15) is 14.0 Å². The highest BCUT2D eigenvalue weighted by Gasteiger charge is 2.26. The van der Waals surface area contributed by atoms with E-state index >= 15 is 0 Å². The lowest BCUT2D eigenvalue weighted by Gasteiger charge is -2.31. The van der Waals surface area contributed by atoms with Gasteiger partial charge in [-0.3, -0.25) is 9.59 Å². The summed E-state index contributed by atoms with van der Waals surface area (Å²) in [4.78, 5) is 23.4. The zero-order valence-electron chi connectivity index (χ0n) is 12.8. The van der Waals surface area contributed by atoms with E-state index in [4.69, 9.17) is 0 Å². The fraction of sp³-hybridized carbons (Fsp3) is 0.500. The third kappa shape index (κ3) is 4.22. The Balaban J connectivity index is 2.10. The summed E-state index contributed by atoms with van der Waals surface area (Å²) in [6, 6.07) is 4.16. The molecule has 0 spiro atoms. The van der Waals surface area contributed by atoms with Gasteiger partial charge in [0.2, 0.25) is 5.91 Å². The van der Waals surface area contributed by atoms with Gasteiger partial charge in [-0.2, -0.15) is 11.8 Å². The molecule has 0 radical (unpaired) electrons. The molecule has 120 valence electrons. The monoisotopic (exact) mass is 324 g/mol. The molecule has 2 N–H and O–H groups in total. The van der Waals surface area contributed by atoms with Crippen molar-refractivity contribution in [2.45, 2.75) is 43.9 Å². The lowest BCUT2D eigenvalue weighted by molar-refractivity contribution is -0.114. The third-order valence-corrected chi connectivity index (χ3v) is 5.03. The minimum Gasteiger partial charge on any atom is -0.348 e. The second-order valence-electron chi connectivity index (χ2n) is 5.51. The van der Waals surface area contributed by atoms with Gasteiger partial charge in [0.25, 0.3) is 5.91 Å². The van der Waals surface area contributed by atoms with Crippen molar-refractivity contribution in [3.05, 3.63) is 29.6 Å². The molecule has 0 aliphatic heterocycles. The van der Waals surface area contributed by atoms with Crippen molar-refractivity contribution in [3.8, 4) is 0 Å². The Morgan fingerprint density at radius 3 is 2.68 bits per heavy atom. The average molecular weight is 324 g/mol. The molecule has 2 atom stereocenters. The van der Waals surface area contributed by atoms with E-state index in [1.807, 2.05) is 0 Å². The van der Waals surface area contributed by atoms with Crippen LogP contribution in [0.3, 0.4) is 0 Å². The zero-order chi connectivity index (χ0) is 16.1. The Bertz CT molecular complexity index is 565. The first-order chi connectivity index (χ1) is 10.5. The van der Waals surface area contributed by atoms with Crippen molar-refractivity contribution < 1.29 is 14.0 Å². The van der Waals surface area contributed by atoms with Gasteiger partial charge in [-0.25, -0.2) is 4.39 Å². The molecule has 1 aromatic rings. The van der Waals surface area contributed by atoms with E-state index in [-0.39, 0.29) is 23.5 Å². The number of carbonyl (C=O) groups excluding carboxylic acids is 2. The minimum absolute atomic E-state index is 0.0326. The summed E-state index contributed by atoms with van der Waals surface area (Å²) in [5.74, 6) is -1.14. The number of hydrogen-bond acceptors (Lipinski definition) is 3. The highest BCUT2D eigenvalue weighted by atomic mass is 32.2. The number of benzene rings is 1. The van der Waals surface area contributed by atoms with E-state index in [1.54, 1.807) is 11.8 Å². The summed E-state index contributed by atoms with van der Waals surface area (Å²) < 4.78 is 13.6. The lowest BCUT2D eigenvalue weighted by atomic mass is 9.94. The molecule has 1 aliphatic rings. The first-order valence-electron chi connectivity index (χ1n) is 7.42. The van der Waals surface area contributed by atoms with Gasteiger partial charge in [0, 0.05) is 23.8 Å². The van der Waals surface area contributed by atoms with Gasteiger partial charge in [-0.05, 0) is 37.3 Å². The SMILES string of the molecule is CS[C@H]1CCCC[C@@H]1NC(=O)c1ccc(F)c(NC(C)=O)c1. The van der Waals surface area contributed by atoms with Crippen LogP contribution in [0.2, 0.25) is 0 Å². The maximum atomic E-state index is 13.6. The van der Waals surface area contributed by atoms with Crippen LogP contribution in [-0.4, -0.2) is 29.4 Å². The van der Waals surface area contributed by atoms with Crippen molar-refractivity contribution >= 4 is 29.3 Å². The van der Waals surface area contributed by atoms with Crippen molar-refractivity contribution in [3.63, 3.8) is 0 Å². The molecule has 0 heterocycles. The predicted molar refractivity (Wildman–Crippen MR) is 87.7 cm³/mol. The van der Waals surface area contributed by atoms with Crippen LogP contribution in [-0.2, 0) is 4.79 Å². The molecule has 4 nitrogen and oxygen atoms in total. The van der Waals surface area contributed by atoms with Crippen LogP contribution in [0.1, 0.15) is 43.0 Å². The molecule has 1 saturated carbocycles. The number of thioether (sulfide) groups is 1. The van der Waals surface area contributed by atoms with Crippen molar-refractivity contribution in [1.29, 1.82) is 0 Å². The molecule has 0 unspecified atom stereocenters. The van der Waals surface area contributed by atoms with Gasteiger partial charge >= 0.3 is 0 Å². The van der Waals surface area contributed by atoms with Crippen LogP contribution in [0.15, 0.2) is 18.2 Å². The van der Waals surface area contributed by atoms with E-state index in [0.29, 0.717) is 10.8 Å². The molecular formula is C16H21FN2O2S. The number of amides is 2. The first kappa shape index (κ1) is 16.8. The molecule has 0 aromatic heterocycles. The summed E-state index contributed by atoms with van der Waals surface area (Å²) in [7, 11) is 0. The summed E-state index contributed by atoms with van der Waals surface area (Å²) in [6.07, 6.45) is 6.44. The van der Waals surface area contributed by atoms with Gasteiger partial charge in [-0.1, -0.05) is 12.8 Å². The number of anilines is 1. The van der Waals surface area contributed by atoms with E-state index in [1.165, 1.54) is 31.5 Å². The number of halogens is 1. The molecule has 2 amide bonds. The Labute approximate surface area is 134 Å². The van der Waals surface area contributed by atoms with Gasteiger partial charge in [0.1, 0.15) is 5.82 Å². The van der Waals surface area contributed by atoms with Crippen LogP contribution in [0, 0.1) is 5.82 Å². The van der Waals surface area contributed by atoms with Gasteiger partial charge < -0.3 is 10.6 Å². The lowest BCUT2D eigenvalue weighted by Crippen LogP contribution is -2.43. The second kappa shape index (κ2) is 7.63. The molecule has 0 bridgehead atoms. The Kier molecular flexibility index (Phi) is 5.83. The molecular weight excluding hydrogens is 303 g/mol. The van der Waals surface area contributed by atoms with Crippen LogP contribution < -0.4 is 10.6 Å². The summed E-state index contributed by atoms with van der Waals surface area (Å²) in [6.45, 7) is 1.30. The summed E-state index contributed by atoms with van der Waals surface area (Å²) in [5, 5.41) is 5.86. The van der Waals surface area contributed by atoms with Crippen molar-refractivity contribution in [1.82, 2.24) is 5.32 Å². The molecule has 1 aromatic carbocycles. The smallest absolute Gasteiger partial charge is 0.251 e. The minimum atomic E-state index is -0.550. The van der Waals surface area contributed by atoms with Crippen molar-refractivity contribution in [2.75, 3.05) is 11.6 Å². The second-order valence-corrected chi connectivity index (χ2v) is 6.59. The number of carbonyl (C=O) groups is 2. The van der Waals surface area contributed by atoms with Crippen LogP contribution in [0.4, 0.5) is 10.1 Å². The number of hydrogen-bond donors (Lipinski definition) is 2. The third-order valence-electron chi connectivity index (χ3n) is 3.86. The Morgan fingerprint density at radius 1 is 1.27 bits per heavy atom. The predicted octanol–water partition coefficient (Wildman–Crippen LogP) is 3.19. The summed E-state index contributed by atoms with van der Waals surface area (Å²) >= 11 is 1.77. The standard InChI is InChI=1S/C16H21FN2O2S/c1-10(20)18-14-9-11(7-8-12(14)17)16(21)19-13-5-3-4-6-15(13)22-2/h7-9,13,15H,3-6H2,1-2H3,(H,18,20)(H,19,21)/t13-,15-/m0/s1. The summed E-state index contributed by atoms with van der Waals surface area (Å²) in [5.41, 5.74) is 0.390. The number of rotatable bonds is 4. The van der Waals surface area contributed by atoms with Crippen LogP contribution >= 0.6 is 11.8 Å². The largest absolute Gasteiger partial charge is 0.348 e. The number of nitrogens with one attached hydrogen (secondary N) is 2. The average Bonchev–Trinajstić information content (AvgIpc) is 2.49. The van der Waals surface area contributed by atoms with E-state index < -0.39 is 5.82 Å². The Morgan fingerprint density at radius 2 is 2.00 bits per heavy atom. The fourth-order valence-electron chi connectivity index (χ4n) is 2.75. The molecule has 6 heteroatoms. The molecule has 22 heavy (non-hydrogen) atoms. The zero-order valence-corrected chi connectivity index (χ0v) is 13.6. The van der Waals surface area contributed by atoms with Gasteiger partial charge in [0.05, 0.1) is 5.69 Å². The maximum absolute atomic E-state index is 13.6. The van der Waals surface area contributed by atoms with E-state index in [2.05, 4.69) is 16.9 Å². The first-order valence-corrected chi connectivity index (χ1v) is 8.71. The molecule has 1 aliphatic carbocycles. The van der Waals surface area contributed by atoms with Crippen LogP contribution in [0.25, 0.3) is 0 Å². The Hall–Kier alpha value is -1.56. The molecule has 1 fully saturated rings. The maximum Gasteiger partial charge on any atom is 0.251 e. The molecule has 2 rings (SSSR count). The molecule has 0 saturated heterocycles. The van der Waals surface area contributed by atoms with Crippen LogP contribution in [0.5, 0.6) is 0 Å². The fourth-order valence-corrected chi connectivity index (χ4v) is 3.68. The quantitative estimate of drug-likeness (QED) is 0.894. The normalized spacial score (nSPS) is 21.2. The highest BCUT2D eigenvalue weighted by molar-refractivity contribution is 7.99. The van der Waals surface area contributed by atoms with Gasteiger partial charge in [-0.15, -0.1) is 0 Å². The van der Waals surface area contributed by atoms with Crippen molar-refractivity contribution in [2.24, 2.45) is 0 Å². The van der Waals surface area contributed by atoms with Gasteiger partial charge in [0.15, 0.2) is 0 Å². The topological polar surface area (TPSA) is 58.2 Å². The highest BCUT2D eigenvalue weighted by Crippen LogP contribution is 2.27.